The van der Waals surface area contributed by atoms with E-state index >= 15 is 0 Å². The highest BCUT2D eigenvalue weighted by Gasteiger charge is 2.12. The van der Waals surface area contributed by atoms with Gasteiger partial charge in [-0.05, 0) is 53.4 Å². The van der Waals surface area contributed by atoms with E-state index in [9.17, 15) is 5.11 Å². The van der Waals surface area contributed by atoms with Crippen LogP contribution in [0.5, 0.6) is 0 Å². The summed E-state index contributed by atoms with van der Waals surface area (Å²) in [6.07, 6.45) is 0.922. The Morgan fingerprint density at radius 1 is 1.24 bits per heavy atom. The lowest BCUT2D eigenvalue weighted by Gasteiger charge is -2.12. The monoisotopic (exact) mass is 286 g/mol. The van der Waals surface area contributed by atoms with Gasteiger partial charge in [-0.25, -0.2) is 0 Å². The minimum Gasteiger partial charge on any atom is -0.388 e. The van der Waals surface area contributed by atoms with E-state index in [1.165, 1.54) is 5.56 Å². The van der Waals surface area contributed by atoms with E-state index in [4.69, 9.17) is 23.2 Å². The standard InChI is InChI=1S/C13H12Cl2OS/c14-10-2-3-12(15)11(7-10)13(16)4-1-9-5-6-17-8-9/h2-3,5-8,13,16H,1,4H2. The van der Waals surface area contributed by atoms with E-state index in [-0.39, 0.29) is 0 Å². The Bertz CT molecular complexity index is 482. The maximum atomic E-state index is 10.1. The van der Waals surface area contributed by atoms with Gasteiger partial charge in [-0.1, -0.05) is 23.2 Å². The Morgan fingerprint density at radius 2 is 2.06 bits per heavy atom. The molecule has 1 unspecified atom stereocenters. The molecule has 1 atom stereocenters. The average Bonchev–Trinajstić information content (AvgIpc) is 2.82. The highest BCUT2D eigenvalue weighted by molar-refractivity contribution is 7.07. The predicted octanol–water partition coefficient (Wildman–Crippen LogP) is 4.72. The van der Waals surface area contributed by atoms with E-state index < -0.39 is 6.10 Å². The minimum atomic E-state index is -0.568. The topological polar surface area (TPSA) is 20.2 Å². The number of hydrogen-bond donors (Lipinski definition) is 1. The van der Waals surface area contributed by atoms with Crippen LogP contribution in [-0.4, -0.2) is 5.11 Å². The molecule has 4 heteroatoms. The fourth-order valence-electron chi connectivity index (χ4n) is 1.66. The van der Waals surface area contributed by atoms with Crippen molar-refractivity contribution < 1.29 is 5.11 Å². The number of aliphatic hydroxyl groups excluding tert-OH is 1. The summed E-state index contributed by atoms with van der Waals surface area (Å²) in [5.41, 5.74) is 1.95. The van der Waals surface area contributed by atoms with Crippen LogP contribution in [0.2, 0.25) is 10.0 Å². The summed E-state index contributed by atoms with van der Waals surface area (Å²) in [6, 6.07) is 7.23. The Hall–Kier alpha value is -0.540. The number of rotatable bonds is 4. The fraction of sp³-hybridized carbons (Fsp3) is 0.231. The van der Waals surface area contributed by atoms with Crippen molar-refractivity contribution in [1.82, 2.24) is 0 Å². The number of benzene rings is 1. The van der Waals surface area contributed by atoms with Crippen molar-refractivity contribution in [1.29, 1.82) is 0 Å². The molecule has 0 bridgehead atoms. The van der Waals surface area contributed by atoms with Crippen molar-refractivity contribution in [3.05, 3.63) is 56.2 Å². The van der Waals surface area contributed by atoms with E-state index in [1.54, 1.807) is 29.5 Å². The van der Waals surface area contributed by atoms with Crippen LogP contribution in [0.1, 0.15) is 23.7 Å². The van der Waals surface area contributed by atoms with Crippen molar-refractivity contribution in [2.45, 2.75) is 18.9 Å². The van der Waals surface area contributed by atoms with Crippen LogP contribution in [0.3, 0.4) is 0 Å². The number of thiophene rings is 1. The largest absolute Gasteiger partial charge is 0.388 e. The van der Waals surface area contributed by atoms with Crippen LogP contribution < -0.4 is 0 Å². The van der Waals surface area contributed by atoms with Crippen molar-refractivity contribution in [2.75, 3.05) is 0 Å². The highest BCUT2D eigenvalue weighted by atomic mass is 35.5. The molecule has 0 radical (unpaired) electrons. The first-order chi connectivity index (χ1) is 8.16. The molecule has 2 aromatic rings. The van der Waals surface area contributed by atoms with Crippen LogP contribution in [0, 0.1) is 0 Å². The molecule has 1 aromatic heterocycles. The molecule has 0 aliphatic heterocycles. The summed E-state index contributed by atoms with van der Waals surface area (Å²) in [5, 5.41) is 15.4. The molecular weight excluding hydrogens is 275 g/mol. The normalized spacial score (nSPS) is 12.6. The lowest BCUT2D eigenvalue weighted by molar-refractivity contribution is 0.168. The minimum absolute atomic E-state index is 0.562. The molecule has 0 spiro atoms. The fourth-order valence-corrected chi connectivity index (χ4v) is 2.79. The Labute approximate surface area is 115 Å². The quantitative estimate of drug-likeness (QED) is 0.862. The lowest BCUT2D eigenvalue weighted by atomic mass is 10.0. The average molecular weight is 287 g/mol. The van der Waals surface area contributed by atoms with Gasteiger partial charge in [0.2, 0.25) is 0 Å². The molecule has 1 nitrogen and oxygen atoms in total. The van der Waals surface area contributed by atoms with E-state index in [0.717, 1.165) is 6.42 Å². The molecule has 1 heterocycles. The molecular formula is C13H12Cl2OS. The first kappa shape index (κ1) is 12.9. The molecule has 0 saturated heterocycles. The molecule has 17 heavy (non-hydrogen) atoms. The van der Waals surface area contributed by atoms with Crippen LogP contribution >= 0.6 is 34.5 Å². The Balaban J connectivity index is 2.04. The van der Waals surface area contributed by atoms with Crippen molar-refractivity contribution in [3.63, 3.8) is 0 Å². The summed E-state index contributed by atoms with van der Waals surface area (Å²) in [4.78, 5) is 0. The van der Waals surface area contributed by atoms with Gasteiger partial charge in [0.15, 0.2) is 0 Å². The SMILES string of the molecule is OC(CCc1ccsc1)c1cc(Cl)ccc1Cl. The Morgan fingerprint density at radius 3 is 2.76 bits per heavy atom. The van der Waals surface area contributed by atoms with Gasteiger partial charge < -0.3 is 5.11 Å². The number of aliphatic hydroxyl groups is 1. The van der Waals surface area contributed by atoms with Gasteiger partial charge in [-0.15, -0.1) is 0 Å². The van der Waals surface area contributed by atoms with Gasteiger partial charge >= 0.3 is 0 Å². The van der Waals surface area contributed by atoms with Crippen LogP contribution in [0.15, 0.2) is 35.0 Å². The zero-order valence-electron chi connectivity index (χ0n) is 9.07. The number of halogens is 2. The molecule has 0 amide bonds. The Kier molecular flexibility index (Phi) is 4.46. The zero-order chi connectivity index (χ0) is 12.3. The molecule has 0 fully saturated rings. The van der Waals surface area contributed by atoms with Gasteiger partial charge in [0.1, 0.15) is 0 Å². The zero-order valence-corrected chi connectivity index (χ0v) is 11.4. The maximum absolute atomic E-state index is 10.1. The van der Waals surface area contributed by atoms with Crippen molar-refractivity contribution in [2.24, 2.45) is 0 Å². The summed E-state index contributed by atoms with van der Waals surface area (Å²) in [6.45, 7) is 0. The van der Waals surface area contributed by atoms with Gasteiger partial charge in [0.25, 0.3) is 0 Å². The molecule has 1 aromatic carbocycles. The van der Waals surface area contributed by atoms with Gasteiger partial charge in [0.05, 0.1) is 6.10 Å². The third-order valence-electron chi connectivity index (χ3n) is 2.60. The third-order valence-corrected chi connectivity index (χ3v) is 3.91. The number of hydrogen-bond acceptors (Lipinski definition) is 2. The van der Waals surface area contributed by atoms with Gasteiger partial charge in [0, 0.05) is 15.6 Å². The maximum Gasteiger partial charge on any atom is 0.0808 e. The first-order valence-electron chi connectivity index (χ1n) is 5.31. The van der Waals surface area contributed by atoms with Crippen molar-refractivity contribution in [3.8, 4) is 0 Å². The van der Waals surface area contributed by atoms with Crippen molar-refractivity contribution >= 4 is 34.5 Å². The highest BCUT2D eigenvalue weighted by Crippen LogP contribution is 2.29. The second-order valence-electron chi connectivity index (χ2n) is 3.85. The summed E-state index contributed by atoms with van der Waals surface area (Å²) in [7, 11) is 0. The molecule has 0 aliphatic carbocycles. The van der Waals surface area contributed by atoms with E-state index in [2.05, 4.69) is 11.4 Å². The second kappa shape index (κ2) is 5.87. The molecule has 1 N–H and O–H groups in total. The van der Waals surface area contributed by atoms with E-state index in [1.807, 2.05) is 5.38 Å². The molecule has 0 aliphatic rings. The van der Waals surface area contributed by atoms with Gasteiger partial charge in [-0.2, -0.15) is 11.3 Å². The smallest absolute Gasteiger partial charge is 0.0808 e. The first-order valence-corrected chi connectivity index (χ1v) is 7.01. The predicted molar refractivity (Wildman–Crippen MR) is 74.1 cm³/mol. The van der Waals surface area contributed by atoms with Crippen LogP contribution in [0.4, 0.5) is 0 Å². The molecule has 90 valence electrons. The summed E-state index contributed by atoms with van der Waals surface area (Å²) >= 11 is 13.6. The van der Waals surface area contributed by atoms with Gasteiger partial charge in [-0.3, -0.25) is 0 Å². The van der Waals surface area contributed by atoms with Crippen LogP contribution in [0.25, 0.3) is 0 Å². The third kappa shape index (κ3) is 3.46. The number of aryl methyl sites for hydroxylation is 1. The molecule has 0 saturated carbocycles. The van der Waals surface area contributed by atoms with Crippen LogP contribution in [-0.2, 0) is 6.42 Å². The summed E-state index contributed by atoms with van der Waals surface area (Å²) in [5.74, 6) is 0. The second-order valence-corrected chi connectivity index (χ2v) is 5.48. The lowest BCUT2D eigenvalue weighted by Crippen LogP contribution is -2.00. The van der Waals surface area contributed by atoms with E-state index in [0.29, 0.717) is 22.0 Å². The summed E-state index contributed by atoms with van der Waals surface area (Å²) < 4.78 is 0. The molecule has 2 rings (SSSR count).